The lowest BCUT2D eigenvalue weighted by Crippen LogP contribution is -2.49. The molecule has 0 amide bonds. The number of nitrogens with zero attached hydrogens (tertiary/aromatic N) is 2. The molecule has 70 valence electrons. The maximum absolute atomic E-state index is 6.26. The van der Waals surface area contributed by atoms with Crippen LogP contribution in [0.4, 0.5) is 0 Å². The van der Waals surface area contributed by atoms with Gasteiger partial charge in [-0.15, -0.1) is 0 Å². The molecule has 0 aromatic heterocycles. The summed E-state index contributed by atoms with van der Waals surface area (Å²) in [5, 5.41) is 1.86. The Hall–Kier alpha value is -0.160. The van der Waals surface area contributed by atoms with Crippen molar-refractivity contribution in [3.8, 4) is 0 Å². The zero-order chi connectivity index (χ0) is 8.77. The highest BCUT2D eigenvalue weighted by molar-refractivity contribution is 5.07. The Bertz CT molecular complexity index is 184. The van der Waals surface area contributed by atoms with Crippen LogP contribution in [0.25, 0.3) is 0 Å². The molecule has 4 heteroatoms. The summed E-state index contributed by atoms with van der Waals surface area (Å²) in [6.07, 6.45) is 0. The van der Waals surface area contributed by atoms with E-state index in [-0.39, 0.29) is 5.54 Å². The Balaban J connectivity index is 2.07. The molecule has 0 radical (unpaired) electrons. The molecule has 2 heterocycles. The van der Waals surface area contributed by atoms with E-state index in [1.165, 1.54) is 0 Å². The van der Waals surface area contributed by atoms with Gasteiger partial charge in [0.25, 0.3) is 0 Å². The van der Waals surface area contributed by atoms with Crippen molar-refractivity contribution in [1.29, 1.82) is 0 Å². The predicted molar refractivity (Wildman–Crippen MR) is 48.3 cm³/mol. The summed E-state index contributed by atoms with van der Waals surface area (Å²) in [6.45, 7) is 7.26. The minimum absolute atomic E-state index is 0.0231. The molecule has 2 aliphatic rings. The minimum Gasteiger partial charge on any atom is -0.323 e. The molecule has 2 atom stereocenters. The van der Waals surface area contributed by atoms with Crippen LogP contribution in [-0.4, -0.2) is 48.2 Å². The molecule has 0 saturated carbocycles. The summed E-state index contributed by atoms with van der Waals surface area (Å²) in [7, 11) is 0. The first-order valence-corrected chi connectivity index (χ1v) is 4.65. The molecule has 2 aliphatic heterocycles. The first kappa shape index (κ1) is 8.44. The fraction of sp³-hybridized carbons (Fsp3) is 1.00. The highest BCUT2D eigenvalue weighted by Gasteiger charge is 2.48. The lowest BCUT2D eigenvalue weighted by Gasteiger charge is -2.22. The van der Waals surface area contributed by atoms with Crippen molar-refractivity contribution in [2.75, 3.05) is 32.7 Å². The third-order valence-electron chi connectivity index (χ3n) is 3.21. The van der Waals surface area contributed by atoms with E-state index in [0.29, 0.717) is 5.92 Å². The maximum Gasteiger partial charge on any atom is 0.0480 e. The second-order valence-corrected chi connectivity index (χ2v) is 4.19. The van der Waals surface area contributed by atoms with Crippen LogP contribution < -0.4 is 11.6 Å². The van der Waals surface area contributed by atoms with Crippen molar-refractivity contribution in [1.82, 2.24) is 9.91 Å². The molecule has 2 saturated heterocycles. The zero-order valence-corrected chi connectivity index (χ0v) is 7.66. The maximum atomic E-state index is 6.26. The van der Waals surface area contributed by atoms with Crippen LogP contribution >= 0.6 is 0 Å². The summed E-state index contributed by atoms with van der Waals surface area (Å²) in [6, 6.07) is 0. The molecule has 4 nitrogen and oxygen atoms in total. The van der Waals surface area contributed by atoms with E-state index in [4.69, 9.17) is 11.6 Å². The SMILES string of the molecule is CCN1CC2CN(N)CC2(N)C1. The van der Waals surface area contributed by atoms with Crippen LogP contribution in [0.5, 0.6) is 0 Å². The smallest absolute Gasteiger partial charge is 0.0480 e. The fourth-order valence-electron chi connectivity index (χ4n) is 2.49. The fourth-order valence-corrected chi connectivity index (χ4v) is 2.49. The second kappa shape index (κ2) is 2.67. The van der Waals surface area contributed by atoms with E-state index in [0.717, 1.165) is 32.7 Å². The molecule has 0 aliphatic carbocycles. The molecule has 4 N–H and O–H groups in total. The average Bonchev–Trinajstić information content (AvgIpc) is 2.38. The van der Waals surface area contributed by atoms with Gasteiger partial charge in [0.05, 0.1) is 0 Å². The van der Waals surface area contributed by atoms with E-state index in [1.54, 1.807) is 0 Å². The van der Waals surface area contributed by atoms with Crippen LogP contribution in [-0.2, 0) is 0 Å². The van der Waals surface area contributed by atoms with Gasteiger partial charge in [0.15, 0.2) is 0 Å². The van der Waals surface area contributed by atoms with Gasteiger partial charge in [-0.1, -0.05) is 6.92 Å². The van der Waals surface area contributed by atoms with Crippen molar-refractivity contribution >= 4 is 0 Å². The third kappa shape index (κ3) is 1.15. The summed E-state index contributed by atoms with van der Waals surface area (Å²) < 4.78 is 0. The number of likely N-dealkylation sites (N-methyl/N-ethyl adjacent to an activating group) is 1. The van der Waals surface area contributed by atoms with Gasteiger partial charge in [-0.2, -0.15) is 0 Å². The Morgan fingerprint density at radius 2 is 2.17 bits per heavy atom. The van der Waals surface area contributed by atoms with Crippen LogP contribution in [0.3, 0.4) is 0 Å². The number of rotatable bonds is 1. The van der Waals surface area contributed by atoms with Crippen molar-refractivity contribution in [3.05, 3.63) is 0 Å². The average molecular weight is 170 g/mol. The lowest BCUT2D eigenvalue weighted by molar-refractivity contribution is 0.258. The quantitative estimate of drug-likeness (QED) is 0.487. The summed E-state index contributed by atoms with van der Waals surface area (Å²) in [5.41, 5.74) is 6.23. The molecule has 0 bridgehead atoms. The number of nitrogens with two attached hydrogens (primary N) is 2. The Morgan fingerprint density at radius 3 is 2.75 bits per heavy atom. The number of hydrogen-bond donors (Lipinski definition) is 2. The molecular formula is C8H18N4. The van der Waals surface area contributed by atoms with Crippen molar-refractivity contribution < 1.29 is 0 Å². The van der Waals surface area contributed by atoms with Crippen LogP contribution in [0.2, 0.25) is 0 Å². The molecule has 0 spiro atoms. The number of hydrazine groups is 1. The van der Waals surface area contributed by atoms with Crippen molar-refractivity contribution in [3.63, 3.8) is 0 Å². The molecule has 0 aromatic carbocycles. The van der Waals surface area contributed by atoms with E-state index >= 15 is 0 Å². The predicted octanol–water partition coefficient (Wildman–Crippen LogP) is -1.18. The largest absolute Gasteiger partial charge is 0.323 e. The van der Waals surface area contributed by atoms with Gasteiger partial charge < -0.3 is 10.6 Å². The second-order valence-electron chi connectivity index (χ2n) is 4.19. The molecular weight excluding hydrogens is 152 g/mol. The normalized spacial score (nSPS) is 43.8. The minimum atomic E-state index is -0.0231. The van der Waals surface area contributed by atoms with Gasteiger partial charge in [0.2, 0.25) is 0 Å². The van der Waals surface area contributed by atoms with Crippen molar-refractivity contribution in [2.24, 2.45) is 17.5 Å². The van der Waals surface area contributed by atoms with Gasteiger partial charge >= 0.3 is 0 Å². The first-order valence-electron chi connectivity index (χ1n) is 4.65. The van der Waals surface area contributed by atoms with Gasteiger partial charge in [-0.3, -0.25) is 5.84 Å². The van der Waals surface area contributed by atoms with Crippen molar-refractivity contribution in [2.45, 2.75) is 12.5 Å². The topological polar surface area (TPSA) is 58.5 Å². The summed E-state index contributed by atoms with van der Waals surface area (Å²) in [4.78, 5) is 2.41. The highest BCUT2D eigenvalue weighted by atomic mass is 15.4. The van der Waals surface area contributed by atoms with Gasteiger partial charge in [-0.25, -0.2) is 5.01 Å². The Labute approximate surface area is 73.5 Å². The number of fused-ring (bicyclic) bond motifs is 1. The van der Waals surface area contributed by atoms with E-state index < -0.39 is 0 Å². The molecule has 12 heavy (non-hydrogen) atoms. The van der Waals surface area contributed by atoms with Crippen LogP contribution in [0, 0.1) is 5.92 Å². The monoisotopic (exact) mass is 170 g/mol. The van der Waals surface area contributed by atoms with Crippen LogP contribution in [0.15, 0.2) is 0 Å². The third-order valence-corrected chi connectivity index (χ3v) is 3.21. The standard InChI is InChI=1S/C8H18N4/c1-2-11-3-7-4-12(10)6-8(7,9)5-11/h7H,2-6,9-10H2,1H3. The van der Waals surface area contributed by atoms with Gasteiger partial charge in [-0.05, 0) is 6.54 Å². The number of hydrogen-bond acceptors (Lipinski definition) is 4. The van der Waals surface area contributed by atoms with E-state index in [1.807, 2.05) is 5.01 Å². The first-order chi connectivity index (χ1) is 5.64. The van der Waals surface area contributed by atoms with E-state index in [2.05, 4.69) is 11.8 Å². The lowest BCUT2D eigenvalue weighted by atomic mass is 9.92. The summed E-state index contributed by atoms with van der Waals surface area (Å²) in [5.74, 6) is 6.32. The van der Waals surface area contributed by atoms with Gasteiger partial charge in [0.1, 0.15) is 0 Å². The molecule has 2 fully saturated rings. The zero-order valence-electron chi connectivity index (χ0n) is 7.66. The summed E-state index contributed by atoms with van der Waals surface area (Å²) >= 11 is 0. The molecule has 2 unspecified atom stereocenters. The Kier molecular flexibility index (Phi) is 1.88. The highest BCUT2D eigenvalue weighted by Crippen LogP contribution is 2.31. The van der Waals surface area contributed by atoms with Crippen LogP contribution in [0.1, 0.15) is 6.92 Å². The number of likely N-dealkylation sites (tertiary alicyclic amines) is 1. The molecule has 2 rings (SSSR count). The molecule has 0 aromatic rings. The van der Waals surface area contributed by atoms with Gasteiger partial charge in [0, 0.05) is 37.6 Å². The Morgan fingerprint density at radius 1 is 1.42 bits per heavy atom. The van der Waals surface area contributed by atoms with E-state index in [9.17, 15) is 0 Å².